The molecule has 6 nitrogen and oxygen atoms in total. The van der Waals surface area contributed by atoms with Crippen molar-refractivity contribution in [2.75, 3.05) is 27.9 Å². The van der Waals surface area contributed by atoms with E-state index in [0.717, 1.165) is 5.56 Å². The first-order valence-electron chi connectivity index (χ1n) is 5.61. The first-order chi connectivity index (χ1) is 9.03. The topological polar surface area (TPSA) is 73.9 Å². The molecule has 19 heavy (non-hydrogen) atoms. The van der Waals surface area contributed by atoms with Crippen molar-refractivity contribution in [2.24, 2.45) is 0 Å². The summed E-state index contributed by atoms with van der Waals surface area (Å²) in [6.45, 7) is 1.64. The third-order valence-electron chi connectivity index (χ3n) is 2.64. The molecule has 0 aliphatic heterocycles. The van der Waals surface area contributed by atoms with Gasteiger partial charge in [0, 0.05) is 11.1 Å². The number of hydrogen-bond donors (Lipinski definition) is 1. The summed E-state index contributed by atoms with van der Waals surface area (Å²) in [6.07, 6.45) is 0. The molecule has 0 bridgehead atoms. The third-order valence-corrected chi connectivity index (χ3v) is 2.64. The highest BCUT2D eigenvalue weighted by Gasteiger charge is 2.14. The second-order valence-electron chi connectivity index (χ2n) is 3.76. The molecule has 104 valence electrons. The highest BCUT2D eigenvalue weighted by atomic mass is 16.5. The van der Waals surface area contributed by atoms with Gasteiger partial charge < -0.3 is 19.5 Å². The van der Waals surface area contributed by atoms with Crippen LogP contribution >= 0.6 is 0 Å². The standard InChI is InChI=1S/C13H17NO5/c1-8-10(17-2)5-9(6-11(8)18-3)13(16)14-7-12(15)19-4/h5-6H,7H2,1-4H3,(H,14,16). The molecule has 0 unspecified atom stereocenters. The van der Waals surface area contributed by atoms with Crippen molar-refractivity contribution >= 4 is 11.9 Å². The molecule has 0 spiro atoms. The molecule has 0 atom stereocenters. The molecule has 0 aromatic heterocycles. The fraction of sp³-hybridized carbons (Fsp3) is 0.385. The molecule has 0 saturated carbocycles. The fourth-order valence-electron chi connectivity index (χ4n) is 1.54. The Labute approximate surface area is 111 Å². The molecule has 1 aromatic rings. The lowest BCUT2D eigenvalue weighted by Gasteiger charge is -2.12. The first kappa shape index (κ1) is 14.8. The smallest absolute Gasteiger partial charge is 0.325 e. The van der Waals surface area contributed by atoms with E-state index in [4.69, 9.17) is 9.47 Å². The van der Waals surface area contributed by atoms with E-state index in [0.29, 0.717) is 17.1 Å². The van der Waals surface area contributed by atoms with Crippen LogP contribution in [0.25, 0.3) is 0 Å². The summed E-state index contributed by atoms with van der Waals surface area (Å²) < 4.78 is 14.8. The van der Waals surface area contributed by atoms with Crippen LogP contribution in [0.1, 0.15) is 15.9 Å². The molecule has 1 N–H and O–H groups in total. The summed E-state index contributed by atoms with van der Waals surface area (Å²) in [7, 11) is 4.28. The Hall–Kier alpha value is -2.24. The summed E-state index contributed by atoms with van der Waals surface area (Å²) >= 11 is 0. The van der Waals surface area contributed by atoms with Gasteiger partial charge in [0.05, 0.1) is 21.3 Å². The minimum Gasteiger partial charge on any atom is -0.496 e. The quantitative estimate of drug-likeness (QED) is 0.803. The first-order valence-corrected chi connectivity index (χ1v) is 5.61. The van der Waals surface area contributed by atoms with Crippen LogP contribution in [0.5, 0.6) is 11.5 Å². The van der Waals surface area contributed by atoms with Crippen molar-refractivity contribution in [1.29, 1.82) is 0 Å². The van der Waals surface area contributed by atoms with Crippen LogP contribution in [0.4, 0.5) is 0 Å². The van der Waals surface area contributed by atoms with E-state index >= 15 is 0 Å². The van der Waals surface area contributed by atoms with E-state index in [9.17, 15) is 9.59 Å². The van der Waals surface area contributed by atoms with Gasteiger partial charge in [0.15, 0.2) is 0 Å². The third kappa shape index (κ3) is 3.61. The van der Waals surface area contributed by atoms with Gasteiger partial charge >= 0.3 is 5.97 Å². The SMILES string of the molecule is COC(=O)CNC(=O)c1cc(OC)c(C)c(OC)c1. The minimum absolute atomic E-state index is 0.187. The van der Waals surface area contributed by atoms with E-state index in [1.54, 1.807) is 12.1 Å². The molecule has 6 heteroatoms. The predicted octanol–water partition coefficient (Wildman–Crippen LogP) is 0.915. The van der Waals surface area contributed by atoms with Gasteiger partial charge in [-0.05, 0) is 19.1 Å². The number of esters is 1. The summed E-state index contributed by atoms with van der Waals surface area (Å²) in [5.41, 5.74) is 1.15. The van der Waals surface area contributed by atoms with E-state index < -0.39 is 11.9 Å². The van der Waals surface area contributed by atoms with Crippen molar-refractivity contribution in [1.82, 2.24) is 5.32 Å². The van der Waals surface area contributed by atoms with Gasteiger partial charge in [0.25, 0.3) is 5.91 Å². The number of carbonyl (C=O) groups excluding carboxylic acids is 2. The van der Waals surface area contributed by atoms with Gasteiger partial charge in [-0.15, -0.1) is 0 Å². The lowest BCUT2D eigenvalue weighted by Crippen LogP contribution is -2.30. The Morgan fingerprint density at radius 3 is 2.05 bits per heavy atom. The molecule has 1 rings (SSSR count). The van der Waals surface area contributed by atoms with Gasteiger partial charge in [-0.3, -0.25) is 9.59 Å². The summed E-state index contributed by atoms with van der Waals surface area (Å²) in [5, 5.41) is 2.45. The molecule has 1 aromatic carbocycles. The number of hydrogen-bond acceptors (Lipinski definition) is 5. The Bertz CT molecular complexity index is 459. The van der Waals surface area contributed by atoms with Gasteiger partial charge in [0.1, 0.15) is 18.0 Å². The highest BCUT2D eigenvalue weighted by Crippen LogP contribution is 2.29. The summed E-state index contributed by atoms with van der Waals surface area (Å²) in [4.78, 5) is 22.8. The van der Waals surface area contributed by atoms with Crippen molar-refractivity contribution < 1.29 is 23.8 Å². The van der Waals surface area contributed by atoms with E-state index in [1.165, 1.54) is 21.3 Å². The largest absolute Gasteiger partial charge is 0.496 e. The fourth-order valence-corrected chi connectivity index (χ4v) is 1.54. The highest BCUT2D eigenvalue weighted by molar-refractivity contribution is 5.96. The van der Waals surface area contributed by atoms with E-state index in [1.807, 2.05) is 6.92 Å². The number of methoxy groups -OCH3 is 3. The van der Waals surface area contributed by atoms with Crippen LogP contribution < -0.4 is 14.8 Å². The van der Waals surface area contributed by atoms with E-state index in [-0.39, 0.29) is 6.54 Å². The molecule has 0 aliphatic carbocycles. The number of ether oxygens (including phenoxy) is 3. The normalized spacial score (nSPS) is 9.68. The molecule has 0 fully saturated rings. The molecule has 1 amide bonds. The summed E-state index contributed by atoms with van der Waals surface area (Å²) in [6, 6.07) is 3.18. The zero-order valence-corrected chi connectivity index (χ0v) is 11.4. The Kier molecular flexibility index (Phi) is 5.17. The lowest BCUT2D eigenvalue weighted by molar-refractivity contribution is -0.139. The number of rotatable bonds is 5. The van der Waals surface area contributed by atoms with Crippen molar-refractivity contribution in [3.63, 3.8) is 0 Å². The van der Waals surface area contributed by atoms with Crippen LogP contribution in [0.3, 0.4) is 0 Å². The van der Waals surface area contributed by atoms with Crippen LogP contribution in [-0.4, -0.2) is 39.8 Å². The Morgan fingerprint density at radius 1 is 1.11 bits per heavy atom. The van der Waals surface area contributed by atoms with Crippen molar-refractivity contribution in [3.05, 3.63) is 23.3 Å². The second-order valence-corrected chi connectivity index (χ2v) is 3.76. The second kappa shape index (κ2) is 6.63. The molecule has 0 aliphatic rings. The minimum atomic E-state index is -0.514. The van der Waals surface area contributed by atoms with Gasteiger partial charge in [0.2, 0.25) is 0 Å². The number of amides is 1. The Morgan fingerprint density at radius 2 is 1.63 bits per heavy atom. The monoisotopic (exact) mass is 267 g/mol. The van der Waals surface area contributed by atoms with Crippen LogP contribution in [0.15, 0.2) is 12.1 Å². The van der Waals surface area contributed by atoms with Gasteiger partial charge in [-0.1, -0.05) is 0 Å². The molecule has 0 radical (unpaired) electrons. The zero-order chi connectivity index (χ0) is 14.4. The predicted molar refractivity (Wildman–Crippen MR) is 68.6 cm³/mol. The maximum atomic E-state index is 11.9. The van der Waals surface area contributed by atoms with E-state index in [2.05, 4.69) is 10.1 Å². The average molecular weight is 267 g/mol. The molecular weight excluding hydrogens is 250 g/mol. The summed E-state index contributed by atoms with van der Waals surface area (Å²) in [5.74, 6) is 0.173. The van der Waals surface area contributed by atoms with Crippen molar-refractivity contribution in [2.45, 2.75) is 6.92 Å². The van der Waals surface area contributed by atoms with Crippen LogP contribution in [0.2, 0.25) is 0 Å². The van der Waals surface area contributed by atoms with Gasteiger partial charge in [-0.25, -0.2) is 0 Å². The number of nitrogens with one attached hydrogen (secondary N) is 1. The number of carbonyl (C=O) groups is 2. The lowest BCUT2D eigenvalue weighted by atomic mass is 10.1. The average Bonchev–Trinajstić information content (AvgIpc) is 2.44. The molecule has 0 saturated heterocycles. The Balaban J connectivity index is 2.94. The van der Waals surface area contributed by atoms with Crippen LogP contribution in [0, 0.1) is 6.92 Å². The van der Waals surface area contributed by atoms with Crippen molar-refractivity contribution in [3.8, 4) is 11.5 Å². The molecular formula is C13H17NO5. The zero-order valence-electron chi connectivity index (χ0n) is 11.4. The van der Waals surface area contributed by atoms with Crippen LogP contribution in [-0.2, 0) is 9.53 Å². The van der Waals surface area contributed by atoms with Gasteiger partial charge in [-0.2, -0.15) is 0 Å². The molecule has 0 heterocycles. The maximum Gasteiger partial charge on any atom is 0.325 e. The maximum absolute atomic E-state index is 11.9. The number of benzene rings is 1.